The summed E-state index contributed by atoms with van der Waals surface area (Å²) in [6.45, 7) is 1.69. The molecule has 21 heavy (non-hydrogen) atoms. The lowest BCUT2D eigenvalue weighted by atomic mass is 9.99. The van der Waals surface area contributed by atoms with Crippen molar-refractivity contribution in [3.05, 3.63) is 35.9 Å². The van der Waals surface area contributed by atoms with Gasteiger partial charge in [-0.3, -0.25) is 4.79 Å². The molecule has 110 valence electrons. The summed E-state index contributed by atoms with van der Waals surface area (Å²) in [4.78, 5) is 16.3. The summed E-state index contributed by atoms with van der Waals surface area (Å²) in [6.07, 6.45) is 4.90. The minimum absolute atomic E-state index is 0.00540. The Hall–Kier alpha value is -1.92. The summed E-state index contributed by atoms with van der Waals surface area (Å²) >= 11 is 6.24. The lowest BCUT2D eigenvalue weighted by Gasteiger charge is -2.22. The van der Waals surface area contributed by atoms with Crippen molar-refractivity contribution in [1.29, 1.82) is 0 Å². The summed E-state index contributed by atoms with van der Waals surface area (Å²) in [5, 5.41) is 10.8. The van der Waals surface area contributed by atoms with Crippen molar-refractivity contribution in [1.82, 2.24) is 20.1 Å². The van der Waals surface area contributed by atoms with Gasteiger partial charge in [-0.05, 0) is 31.5 Å². The molecule has 2 N–H and O–H groups in total. The lowest BCUT2D eigenvalue weighted by Crippen LogP contribution is -2.37. The van der Waals surface area contributed by atoms with Crippen LogP contribution in [0.15, 0.2) is 30.9 Å². The zero-order chi connectivity index (χ0) is 14.7. The van der Waals surface area contributed by atoms with Crippen molar-refractivity contribution in [3.63, 3.8) is 0 Å². The third-order valence-electron chi connectivity index (χ3n) is 3.56. The molecule has 1 fully saturated rings. The number of nitrogens with zero attached hydrogens (tertiary/aromatic N) is 3. The summed E-state index contributed by atoms with van der Waals surface area (Å²) in [5.41, 5.74) is 1.28. The van der Waals surface area contributed by atoms with E-state index < -0.39 is 0 Å². The summed E-state index contributed by atoms with van der Waals surface area (Å²) < 4.78 is 1.55. The van der Waals surface area contributed by atoms with Crippen molar-refractivity contribution in [2.24, 2.45) is 5.92 Å². The number of piperidine rings is 1. The van der Waals surface area contributed by atoms with Crippen LogP contribution in [0.1, 0.15) is 12.8 Å². The molecule has 1 aromatic carbocycles. The average Bonchev–Trinajstić information content (AvgIpc) is 3.02. The van der Waals surface area contributed by atoms with Crippen molar-refractivity contribution >= 4 is 23.2 Å². The van der Waals surface area contributed by atoms with Crippen LogP contribution < -0.4 is 10.6 Å². The normalized spacial score (nSPS) is 18.4. The standard InChI is InChI=1S/C14H16ClN5O/c15-11-4-1-5-12(13(11)20-9-17-8-18-20)19-14(21)10-3-2-6-16-7-10/h1,4-5,8-10,16H,2-3,6-7H2,(H,19,21)/t10-/m0/s1. The molecule has 1 atom stereocenters. The van der Waals surface area contributed by atoms with E-state index in [-0.39, 0.29) is 11.8 Å². The van der Waals surface area contributed by atoms with Gasteiger partial charge in [-0.2, -0.15) is 5.10 Å². The number of para-hydroxylation sites is 1. The molecule has 0 spiro atoms. The molecule has 1 amide bonds. The zero-order valence-electron chi connectivity index (χ0n) is 11.4. The van der Waals surface area contributed by atoms with Crippen molar-refractivity contribution in [3.8, 4) is 5.69 Å². The highest BCUT2D eigenvalue weighted by molar-refractivity contribution is 6.33. The van der Waals surface area contributed by atoms with E-state index in [4.69, 9.17) is 11.6 Å². The molecule has 0 saturated carbocycles. The number of hydrogen-bond donors (Lipinski definition) is 2. The van der Waals surface area contributed by atoms with E-state index in [9.17, 15) is 4.79 Å². The molecule has 1 aromatic heterocycles. The Morgan fingerprint density at radius 3 is 3.10 bits per heavy atom. The molecule has 1 saturated heterocycles. The number of halogens is 1. The van der Waals surface area contributed by atoms with Gasteiger partial charge in [-0.25, -0.2) is 9.67 Å². The van der Waals surface area contributed by atoms with E-state index in [1.54, 1.807) is 23.1 Å². The van der Waals surface area contributed by atoms with Crippen LogP contribution in [-0.2, 0) is 4.79 Å². The van der Waals surface area contributed by atoms with E-state index in [0.29, 0.717) is 22.9 Å². The average molecular weight is 306 g/mol. The Balaban J connectivity index is 1.85. The molecule has 0 radical (unpaired) electrons. The molecule has 0 bridgehead atoms. The number of anilines is 1. The van der Waals surface area contributed by atoms with Crippen molar-refractivity contribution in [2.45, 2.75) is 12.8 Å². The van der Waals surface area contributed by atoms with Crippen LogP contribution in [0.5, 0.6) is 0 Å². The first-order chi connectivity index (χ1) is 10.3. The van der Waals surface area contributed by atoms with Crippen molar-refractivity contribution < 1.29 is 4.79 Å². The molecule has 1 aliphatic rings. The Morgan fingerprint density at radius 2 is 2.38 bits per heavy atom. The van der Waals surface area contributed by atoms with Gasteiger partial charge in [0.15, 0.2) is 0 Å². The van der Waals surface area contributed by atoms with Gasteiger partial charge in [0, 0.05) is 6.54 Å². The predicted octanol–water partition coefficient (Wildman–Crippen LogP) is 1.86. The maximum absolute atomic E-state index is 12.4. The fraction of sp³-hybridized carbons (Fsp3) is 0.357. The van der Waals surface area contributed by atoms with Gasteiger partial charge in [0.05, 0.1) is 16.6 Å². The van der Waals surface area contributed by atoms with E-state index >= 15 is 0 Å². The third-order valence-corrected chi connectivity index (χ3v) is 3.87. The van der Waals surface area contributed by atoms with Crippen LogP contribution in [0.4, 0.5) is 5.69 Å². The number of amides is 1. The number of aromatic nitrogens is 3. The highest BCUT2D eigenvalue weighted by atomic mass is 35.5. The van der Waals surface area contributed by atoms with Crippen LogP contribution in [0.3, 0.4) is 0 Å². The minimum atomic E-state index is -0.0127. The van der Waals surface area contributed by atoms with Gasteiger partial charge in [0.2, 0.25) is 5.91 Å². The third kappa shape index (κ3) is 3.06. The molecule has 7 heteroatoms. The van der Waals surface area contributed by atoms with Crippen LogP contribution in [0, 0.1) is 5.92 Å². The zero-order valence-corrected chi connectivity index (χ0v) is 12.2. The SMILES string of the molecule is O=C(Nc1cccc(Cl)c1-n1cncn1)[C@H]1CCCNC1. The molecule has 0 aliphatic carbocycles. The van der Waals surface area contributed by atoms with E-state index in [2.05, 4.69) is 20.7 Å². The summed E-state index contributed by atoms with van der Waals surface area (Å²) in [5.74, 6) is -0.00726. The summed E-state index contributed by atoms with van der Waals surface area (Å²) in [7, 11) is 0. The number of benzene rings is 1. The van der Waals surface area contributed by atoms with Crippen LogP contribution in [0.2, 0.25) is 5.02 Å². The van der Waals surface area contributed by atoms with E-state index in [1.807, 2.05) is 6.07 Å². The maximum atomic E-state index is 12.4. The van der Waals surface area contributed by atoms with Gasteiger partial charge in [0.25, 0.3) is 0 Å². The first-order valence-corrected chi connectivity index (χ1v) is 7.28. The number of carbonyl (C=O) groups is 1. The number of rotatable bonds is 3. The molecule has 1 aliphatic heterocycles. The van der Waals surface area contributed by atoms with Gasteiger partial charge < -0.3 is 10.6 Å². The lowest BCUT2D eigenvalue weighted by molar-refractivity contribution is -0.120. The van der Waals surface area contributed by atoms with Gasteiger partial charge in [0.1, 0.15) is 18.3 Å². The largest absolute Gasteiger partial charge is 0.324 e. The van der Waals surface area contributed by atoms with Gasteiger partial charge >= 0.3 is 0 Å². The fourth-order valence-corrected chi connectivity index (χ4v) is 2.74. The molecule has 6 nitrogen and oxygen atoms in total. The van der Waals surface area contributed by atoms with Crippen molar-refractivity contribution in [2.75, 3.05) is 18.4 Å². The molecular formula is C14H16ClN5O. The monoisotopic (exact) mass is 305 g/mol. The van der Waals surface area contributed by atoms with Crippen LogP contribution in [-0.4, -0.2) is 33.8 Å². The highest BCUT2D eigenvalue weighted by Crippen LogP contribution is 2.28. The van der Waals surface area contributed by atoms with Crippen LogP contribution >= 0.6 is 11.6 Å². The minimum Gasteiger partial charge on any atom is -0.324 e. The Labute approximate surface area is 127 Å². The first-order valence-electron chi connectivity index (χ1n) is 6.91. The smallest absolute Gasteiger partial charge is 0.228 e. The molecule has 2 heterocycles. The second-order valence-electron chi connectivity index (χ2n) is 5.01. The Kier molecular flexibility index (Phi) is 4.17. The Morgan fingerprint density at radius 1 is 1.48 bits per heavy atom. The number of nitrogens with one attached hydrogen (secondary N) is 2. The number of carbonyl (C=O) groups excluding carboxylic acids is 1. The number of hydrogen-bond acceptors (Lipinski definition) is 4. The second-order valence-corrected chi connectivity index (χ2v) is 5.42. The van der Waals surface area contributed by atoms with Crippen LogP contribution in [0.25, 0.3) is 5.69 Å². The highest BCUT2D eigenvalue weighted by Gasteiger charge is 2.22. The first kappa shape index (κ1) is 14.0. The van der Waals surface area contributed by atoms with E-state index in [1.165, 1.54) is 6.33 Å². The molecule has 3 rings (SSSR count). The fourth-order valence-electron chi connectivity index (χ4n) is 2.48. The topological polar surface area (TPSA) is 71.8 Å². The summed E-state index contributed by atoms with van der Waals surface area (Å²) in [6, 6.07) is 5.38. The Bertz CT molecular complexity index is 622. The maximum Gasteiger partial charge on any atom is 0.228 e. The van der Waals surface area contributed by atoms with Gasteiger partial charge in [-0.15, -0.1) is 0 Å². The second kappa shape index (κ2) is 6.24. The predicted molar refractivity (Wildman–Crippen MR) is 80.6 cm³/mol. The molecule has 0 unspecified atom stereocenters. The van der Waals surface area contributed by atoms with E-state index in [0.717, 1.165) is 19.4 Å². The molecule has 2 aromatic rings. The quantitative estimate of drug-likeness (QED) is 0.908. The molecular weight excluding hydrogens is 290 g/mol. The van der Waals surface area contributed by atoms with Gasteiger partial charge in [-0.1, -0.05) is 17.7 Å².